The summed E-state index contributed by atoms with van der Waals surface area (Å²) in [5.41, 5.74) is 1.23. The molecule has 1 aromatic carbocycles. The van der Waals surface area contributed by atoms with Gasteiger partial charge in [0.1, 0.15) is 0 Å². The van der Waals surface area contributed by atoms with Crippen molar-refractivity contribution in [1.29, 1.82) is 0 Å². The Bertz CT molecular complexity index is 385. The summed E-state index contributed by atoms with van der Waals surface area (Å²) in [5.74, 6) is -0.0576. The maximum Gasteiger partial charge on any atom is 0.330 e. The van der Waals surface area contributed by atoms with E-state index in [1.54, 1.807) is 6.92 Å². The predicted molar refractivity (Wildman–Crippen MR) is 73.3 cm³/mol. The van der Waals surface area contributed by atoms with Crippen LogP contribution >= 0.6 is 22.6 Å². The molecule has 1 aromatic rings. The van der Waals surface area contributed by atoms with Gasteiger partial charge in [-0.2, -0.15) is 0 Å². The van der Waals surface area contributed by atoms with Crippen LogP contribution in [0.2, 0.25) is 0 Å². The van der Waals surface area contributed by atoms with E-state index in [1.807, 2.05) is 18.2 Å². The van der Waals surface area contributed by atoms with E-state index in [4.69, 9.17) is 4.74 Å². The van der Waals surface area contributed by atoms with E-state index < -0.39 is 0 Å². The summed E-state index contributed by atoms with van der Waals surface area (Å²) in [6, 6.07) is 8.14. The first-order valence-electron chi connectivity index (χ1n) is 5.24. The molecule has 0 radical (unpaired) electrons. The SMILES string of the molecule is CCOC(=O)/C=C/C(C)c1ccccc1I. The lowest BCUT2D eigenvalue weighted by atomic mass is 10.0. The van der Waals surface area contributed by atoms with Crippen molar-refractivity contribution in [2.75, 3.05) is 6.61 Å². The summed E-state index contributed by atoms with van der Waals surface area (Å²) in [7, 11) is 0. The van der Waals surface area contributed by atoms with Crippen molar-refractivity contribution in [1.82, 2.24) is 0 Å². The number of ether oxygens (including phenoxy) is 1. The molecule has 0 N–H and O–H groups in total. The van der Waals surface area contributed by atoms with Crippen LogP contribution in [-0.2, 0) is 9.53 Å². The Morgan fingerprint density at radius 2 is 2.19 bits per heavy atom. The molecule has 1 rings (SSSR count). The number of halogens is 1. The first kappa shape index (κ1) is 13.2. The molecule has 1 unspecified atom stereocenters. The number of benzene rings is 1. The first-order valence-corrected chi connectivity index (χ1v) is 6.32. The van der Waals surface area contributed by atoms with Gasteiger partial charge < -0.3 is 4.74 Å². The third kappa shape index (κ3) is 3.96. The summed E-state index contributed by atoms with van der Waals surface area (Å²) in [5, 5.41) is 0. The number of rotatable bonds is 4. The second-order valence-electron chi connectivity index (χ2n) is 3.42. The molecule has 1 atom stereocenters. The molecule has 0 aromatic heterocycles. The molecule has 0 aliphatic carbocycles. The van der Waals surface area contributed by atoms with Crippen molar-refractivity contribution < 1.29 is 9.53 Å². The monoisotopic (exact) mass is 330 g/mol. The van der Waals surface area contributed by atoms with E-state index in [9.17, 15) is 4.79 Å². The third-order valence-electron chi connectivity index (χ3n) is 2.20. The number of carbonyl (C=O) groups excluding carboxylic acids is 1. The van der Waals surface area contributed by atoms with Gasteiger partial charge in [0.15, 0.2) is 0 Å². The topological polar surface area (TPSA) is 26.3 Å². The van der Waals surface area contributed by atoms with Crippen LogP contribution in [0.1, 0.15) is 25.3 Å². The van der Waals surface area contributed by atoms with E-state index in [-0.39, 0.29) is 11.9 Å². The Labute approximate surface area is 110 Å². The summed E-state index contributed by atoms with van der Waals surface area (Å²) in [4.78, 5) is 11.2. The smallest absolute Gasteiger partial charge is 0.330 e. The van der Waals surface area contributed by atoms with Crippen LogP contribution in [0.25, 0.3) is 0 Å². The summed E-state index contributed by atoms with van der Waals surface area (Å²) in [6.45, 7) is 4.28. The average molecular weight is 330 g/mol. The lowest BCUT2D eigenvalue weighted by Crippen LogP contribution is -2.00. The zero-order chi connectivity index (χ0) is 12.0. The lowest BCUT2D eigenvalue weighted by Gasteiger charge is -2.08. The molecule has 0 bridgehead atoms. The van der Waals surface area contributed by atoms with E-state index in [1.165, 1.54) is 15.2 Å². The Hall–Kier alpha value is -0.840. The minimum atomic E-state index is -0.278. The summed E-state index contributed by atoms with van der Waals surface area (Å²) in [6.07, 6.45) is 3.37. The molecular weight excluding hydrogens is 315 g/mol. The molecule has 0 fully saturated rings. The first-order chi connectivity index (χ1) is 7.65. The van der Waals surface area contributed by atoms with Gasteiger partial charge in [-0.25, -0.2) is 4.79 Å². The molecule has 3 heteroatoms. The van der Waals surface area contributed by atoms with Gasteiger partial charge in [0.05, 0.1) is 6.61 Å². The van der Waals surface area contributed by atoms with Crippen molar-refractivity contribution in [3.8, 4) is 0 Å². The quantitative estimate of drug-likeness (QED) is 0.480. The van der Waals surface area contributed by atoms with Gasteiger partial charge in [-0.1, -0.05) is 31.2 Å². The Morgan fingerprint density at radius 3 is 2.81 bits per heavy atom. The molecule has 2 nitrogen and oxygen atoms in total. The molecule has 0 saturated heterocycles. The van der Waals surface area contributed by atoms with Crippen LogP contribution in [0.15, 0.2) is 36.4 Å². The van der Waals surface area contributed by atoms with Crippen molar-refractivity contribution in [2.24, 2.45) is 0 Å². The van der Waals surface area contributed by atoms with Gasteiger partial charge in [-0.15, -0.1) is 0 Å². The Kier molecular flexibility index (Phi) is 5.52. The zero-order valence-electron chi connectivity index (χ0n) is 9.44. The maximum atomic E-state index is 11.2. The van der Waals surface area contributed by atoms with Crippen molar-refractivity contribution >= 4 is 28.6 Å². The van der Waals surface area contributed by atoms with Crippen molar-refractivity contribution in [3.63, 3.8) is 0 Å². The minimum Gasteiger partial charge on any atom is -0.463 e. The van der Waals surface area contributed by atoms with Crippen LogP contribution in [0.5, 0.6) is 0 Å². The standard InChI is InChI=1S/C13H15IO2/c1-3-16-13(15)9-8-10(2)11-6-4-5-7-12(11)14/h4-10H,3H2,1-2H3/b9-8+. The van der Waals surface area contributed by atoms with Crippen LogP contribution in [0, 0.1) is 3.57 Å². The molecule has 16 heavy (non-hydrogen) atoms. The number of carbonyl (C=O) groups is 1. The predicted octanol–water partition coefficient (Wildman–Crippen LogP) is 3.51. The van der Waals surface area contributed by atoms with Gasteiger partial charge in [0.2, 0.25) is 0 Å². The van der Waals surface area contributed by atoms with Gasteiger partial charge in [0.25, 0.3) is 0 Å². The fourth-order valence-electron chi connectivity index (χ4n) is 1.36. The molecule has 0 spiro atoms. The molecule has 0 heterocycles. The number of esters is 1. The number of hydrogen-bond donors (Lipinski definition) is 0. The molecule has 0 aliphatic heterocycles. The van der Waals surface area contributed by atoms with Gasteiger partial charge >= 0.3 is 5.97 Å². The van der Waals surface area contributed by atoms with Crippen LogP contribution in [0.4, 0.5) is 0 Å². The normalized spacial score (nSPS) is 12.7. The second-order valence-corrected chi connectivity index (χ2v) is 4.58. The van der Waals surface area contributed by atoms with Gasteiger partial charge in [-0.3, -0.25) is 0 Å². The largest absolute Gasteiger partial charge is 0.463 e. The van der Waals surface area contributed by atoms with E-state index in [2.05, 4.69) is 41.6 Å². The molecule has 0 aliphatic rings. The van der Waals surface area contributed by atoms with Crippen molar-refractivity contribution in [3.05, 3.63) is 45.6 Å². The zero-order valence-corrected chi connectivity index (χ0v) is 11.6. The second kappa shape index (κ2) is 6.68. The van der Waals surface area contributed by atoms with E-state index in [0.29, 0.717) is 6.61 Å². The van der Waals surface area contributed by atoms with Gasteiger partial charge in [0, 0.05) is 15.6 Å². The third-order valence-corrected chi connectivity index (χ3v) is 3.19. The number of allylic oxidation sites excluding steroid dienone is 1. The van der Waals surface area contributed by atoms with Crippen LogP contribution < -0.4 is 0 Å². The lowest BCUT2D eigenvalue weighted by molar-refractivity contribution is -0.137. The molecule has 0 amide bonds. The Morgan fingerprint density at radius 1 is 1.50 bits per heavy atom. The molecule has 86 valence electrons. The van der Waals surface area contributed by atoms with Crippen LogP contribution in [0.3, 0.4) is 0 Å². The fourth-order valence-corrected chi connectivity index (χ4v) is 2.24. The highest BCUT2D eigenvalue weighted by molar-refractivity contribution is 14.1. The fraction of sp³-hybridized carbons (Fsp3) is 0.308. The average Bonchev–Trinajstić information content (AvgIpc) is 2.27. The number of hydrogen-bond acceptors (Lipinski definition) is 2. The summed E-state index contributed by atoms with van der Waals surface area (Å²) >= 11 is 2.30. The molecule has 0 saturated carbocycles. The van der Waals surface area contributed by atoms with E-state index in [0.717, 1.165) is 0 Å². The highest BCUT2D eigenvalue weighted by Crippen LogP contribution is 2.22. The summed E-state index contributed by atoms with van der Waals surface area (Å²) < 4.78 is 6.04. The maximum absolute atomic E-state index is 11.2. The minimum absolute atomic E-state index is 0.220. The van der Waals surface area contributed by atoms with E-state index >= 15 is 0 Å². The highest BCUT2D eigenvalue weighted by Gasteiger charge is 2.05. The molecular formula is C13H15IO2. The van der Waals surface area contributed by atoms with Crippen LogP contribution in [-0.4, -0.2) is 12.6 Å². The van der Waals surface area contributed by atoms with Gasteiger partial charge in [-0.05, 0) is 41.1 Å². The van der Waals surface area contributed by atoms with Crippen molar-refractivity contribution in [2.45, 2.75) is 19.8 Å². The highest BCUT2D eigenvalue weighted by atomic mass is 127. The Balaban J connectivity index is 2.69.